The molecule has 2 unspecified atom stereocenters. The minimum atomic E-state index is -0.233. The van der Waals surface area contributed by atoms with Gasteiger partial charge in [0.2, 0.25) is 0 Å². The first-order chi connectivity index (χ1) is 8.70. The molecule has 0 saturated carbocycles. The molecule has 1 aliphatic rings. The molecular formula is C13H17BrFNO2. The molecule has 3 nitrogen and oxygen atoms in total. The van der Waals surface area contributed by atoms with E-state index in [9.17, 15) is 4.39 Å². The fraction of sp³-hybridized carbons (Fsp3) is 0.538. The highest BCUT2D eigenvalue weighted by molar-refractivity contribution is 9.10. The fourth-order valence-corrected chi connectivity index (χ4v) is 2.59. The molecule has 2 rings (SSSR count). The molecule has 0 spiro atoms. The lowest BCUT2D eigenvalue weighted by Crippen LogP contribution is -2.46. The Bertz CT molecular complexity index is 397. The summed E-state index contributed by atoms with van der Waals surface area (Å²) in [6, 6.07) is 4.92. The molecule has 1 N–H and O–H groups in total. The second kappa shape index (κ2) is 6.61. The Morgan fingerprint density at radius 3 is 2.94 bits per heavy atom. The van der Waals surface area contributed by atoms with Crippen molar-refractivity contribution in [3.8, 4) is 0 Å². The summed E-state index contributed by atoms with van der Waals surface area (Å²) >= 11 is 3.39. The number of likely N-dealkylation sites (N-methyl/N-ethyl adjacent to an activating group) is 1. The van der Waals surface area contributed by atoms with Gasteiger partial charge in [0, 0.05) is 10.5 Å². The predicted octanol–water partition coefficient (Wildman–Crippen LogP) is 2.13. The van der Waals surface area contributed by atoms with Crippen molar-refractivity contribution in [2.75, 3.05) is 26.9 Å². The lowest BCUT2D eigenvalue weighted by atomic mass is 10.0. The third-order valence-corrected chi connectivity index (χ3v) is 3.85. The van der Waals surface area contributed by atoms with Gasteiger partial charge in [-0.15, -0.1) is 0 Å². The van der Waals surface area contributed by atoms with Crippen LogP contribution in [-0.4, -0.2) is 39.0 Å². The Balaban J connectivity index is 2.04. The van der Waals surface area contributed by atoms with Gasteiger partial charge in [0.25, 0.3) is 0 Å². The average Bonchev–Trinajstić information content (AvgIpc) is 2.39. The lowest BCUT2D eigenvalue weighted by molar-refractivity contribution is -0.100. The Morgan fingerprint density at radius 2 is 2.33 bits per heavy atom. The highest BCUT2D eigenvalue weighted by Gasteiger charge is 2.24. The Kier molecular flexibility index (Phi) is 5.12. The van der Waals surface area contributed by atoms with Crippen LogP contribution in [0.2, 0.25) is 0 Å². The van der Waals surface area contributed by atoms with Crippen LogP contribution in [0, 0.1) is 5.82 Å². The maximum atomic E-state index is 13.0. The van der Waals surface area contributed by atoms with Gasteiger partial charge in [-0.05, 0) is 31.2 Å². The zero-order chi connectivity index (χ0) is 13.0. The summed E-state index contributed by atoms with van der Waals surface area (Å²) in [5.74, 6) is -0.233. The van der Waals surface area contributed by atoms with E-state index in [1.54, 1.807) is 6.07 Å². The summed E-state index contributed by atoms with van der Waals surface area (Å²) in [6.45, 7) is 1.89. The topological polar surface area (TPSA) is 30.5 Å². The standard InChI is InChI=1S/C13H17BrFNO2/c1-16-12(13-8-17-4-5-18-13)6-9-2-3-10(15)7-11(9)14/h2-3,7,12-13,16H,4-6,8H2,1H3. The molecule has 0 bridgehead atoms. The molecule has 1 aromatic rings. The molecule has 0 radical (unpaired) electrons. The Hall–Kier alpha value is -0.490. The quantitative estimate of drug-likeness (QED) is 0.923. The summed E-state index contributed by atoms with van der Waals surface area (Å²) in [5.41, 5.74) is 1.06. The zero-order valence-corrected chi connectivity index (χ0v) is 11.9. The molecule has 0 aromatic heterocycles. The van der Waals surface area contributed by atoms with E-state index in [1.807, 2.05) is 7.05 Å². The number of hydrogen-bond acceptors (Lipinski definition) is 3. The summed E-state index contributed by atoms with van der Waals surface area (Å²) in [4.78, 5) is 0. The van der Waals surface area contributed by atoms with Gasteiger partial charge in [-0.1, -0.05) is 22.0 Å². The van der Waals surface area contributed by atoms with Gasteiger partial charge in [0.05, 0.1) is 25.9 Å². The zero-order valence-electron chi connectivity index (χ0n) is 10.3. The maximum absolute atomic E-state index is 13.0. The summed E-state index contributed by atoms with van der Waals surface area (Å²) in [7, 11) is 1.90. The third-order valence-electron chi connectivity index (χ3n) is 3.12. The Morgan fingerprint density at radius 1 is 1.50 bits per heavy atom. The molecule has 1 saturated heterocycles. The molecule has 100 valence electrons. The van der Waals surface area contributed by atoms with Crippen molar-refractivity contribution in [2.24, 2.45) is 0 Å². The van der Waals surface area contributed by atoms with E-state index in [2.05, 4.69) is 21.2 Å². The minimum Gasteiger partial charge on any atom is -0.376 e. The van der Waals surface area contributed by atoms with Gasteiger partial charge in [0.1, 0.15) is 5.82 Å². The molecular weight excluding hydrogens is 301 g/mol. The minimum absolute atomic E-state index is 0.0423. The van der Waals surface area contributed by atoms with Crippen molar-refractivity contribution < 1.29 is 13.9 Å². The SMILES string of the molecule is CNC(Cc1ccc(F)cc1Br)C1COCCO1. The third kappa shape index (κ3) is 3.51. The van der Waals surface area contributed by atoms with Crippen molar-refractivity contribution >= 4 is 15.9 Å². The number of halogens is 2. The van der Waals surface area contributed by atoms with Crippen LogP contribution < -0.4 is 5.32 Å². The number of nitrogens with one attached hydrogen (secondary N) is 1. The van der Waals surface area contributed by atoms with Gasteiger partial charge in [-0.25, -0.2) is 4.39 Å². The highest BCUT2D eigenvalue weighted by Crippen LogP contribution is 2.21. The highest BCUT2D eigenvalue weighted by atomic mass is 79.9. The summed E-state index contributed by atoms with van der Waals surface area (Å²) in [5, 5.41) is 3.24. The normalized spacial score (nSPS) is 21.8. The summed E-state index contributed by atoms with van der Waals surface area (Å²) in [6.07, 6.45) is 0.812. The second-order valence-corrected chi connectivity index (χ2v) is 5.17. The average molecular weight is 318 g/mol. The van der Waals surface area contributed by atoms with E-state index >= 15 is 0 Å². The molecule has 0 aliphatic carbocycles. The molecule has 1 heterocycles. The van der Waals surface area contributed by atoms with Gasteiger partial charge >= 0.3 is 0 Å². The van der Waals surface area contributed by atoms with E-state index in [-0.39, 0.29) is 18.0 Å². The van der Waals surface area contributed by atoms with E-state index in [4.69, 9.17) is 9.47 Å². The first-order valence-electron chi connectivity index (χ1n) is 6.01. The largest absolute Gasteiger partial charge is 0.376 e. The van der Waals surface area contributed by atoms with E-state index < -0.39 is 0 Å². The molecule has 1 aromatic carbocycles. The lowest BCUT2D eigenvalue weighted by Gasteiger charge is -2.30. The smallest absolute Gasteiger partial charge is 0.124 e. The molecule has 0 amide bonds. The van der Waals surface area contributed by atoms with Crippen molar-refractivity contribution in [3.63, 3.8) is 0 Å². The van der Waals surface area contributed by atoms with Crippen LogP contribution in [0.3, 0.4) is 0 Å². The van der Waals surface area contributed by atoms with Gasteiger partial charge < -0.3 is 14.8 Å². The fourth-order valence-electron chi connectivity index (χ4n) is 2.08. The van der Waals surface area contributed by atoms with Gasteiger partial charge in [-0.2, -0.15) is 0 Å². The number of hydrogen-bond donors (Lipinski definition) is 1. The summed E-state index contributed by atoms with van der Waals surface area (Å²) < 4.78 is 24.9. The van der Waals surface area contributed by atoms with E-state index in [0.717, 1.165) is 16.5 Å². The molecule has 2 atom stereocenters. The molecule has 1 aliphatic heterocycles. The first-order valence-corrected chi connectivity index (χ1v) is 6.80. The van der Waals surface area contributed by atoms with Crippen molar-refractivity contribution in [2.45, 2.75) is 18.6 Å². The van der Waals surface area contributed by atoms with Crippen LogP contribution in [-0.2, 0) is 15.9 Å². The number of ether oxygens (including phenoxy) is 2. The predicted molar refractivity (Wildman–Crippen MR) is 71.2 cm³/mol. The Labute approximate surface area is 115 Å². The maximum Gasteiger partial charge on any atom is 0.124 e. The number of benzene rings is 1. The van der Waals surface area contributed by atoms with Crippen LogP contribution in [0.5, 0.6) is 0 Å². The van der Waals surface area contributed by atoms with Gasteiger partial charge in [0.15, 0.2) is 0 Å². The van der Waals surface area contributed by atoms with Crippen LogP contribution in [0.1, 0.15) is 5.56 Å². The first kappa shape index (κ1) is 13.9. The monoisotopic (exact) mass is 317 g/mol. The van der Waals surface area contributed by atoms with Crippen LogP contribution >= 0.6 is 15.9 Å². The van der Waals surface area contributed by atoms with Gasteiger partial charge in [-0.3, -0.25) is 0 Å². The number of rotatable bonds is 4. The van der Waals surface area contributed by atoms with Crippen LogP contribution in [0.4, 0.5) is 4.39 Å². The van der Waals surface area contributed by atoms with Crippen molar-refractivity contribution in [1.29, 1.82) is 0 Å². The van der Waals surface area contributed by atoms with Crippen LogP contribution in [0.25, 0.3) is 0 Å². The molecule has 1 fully saturated rings. The van der Waals surface area contributed by atoms with Crippen molar-refractivity contribution in [3.05, 3.63) is 34.1 Å². The van der Waals surface area contributed by atoms with Crippen LogP contribution in [0.15, 0.2) is 22.7 Å². The molecule has 5 heteroatoms. The van der Waals surface area contributed by atoms with E-state index in [0.29, 0.717) is 19.8 Å². The molecule has 18 heavy (non-hydrogen) atoms. The van der Waals surface area contributed by atoms with Crippen molar-refractivity contribution in [1.82, 2.24) is 5.32 Å². The van der Waals surface area contributed by atoms with E-state index in [1.165, 1.54) is 12.1 Å². The second-order valence-electron chi connectivity index (χ2n) is 4.32.